The lowest BCUT2D eigenvalue weighted by molar-refractivity contribution is -0.120. The Kier molecular flexibility index (Phi) is 8.59. The van der Waals surface area contributed by atoms with E-state index in [0.717, 1.165) is 0 Å². The second-order valence-corrected chi connectivity index (χ2v) is 9.14. The molecule has 2 saturated heterocycles. The van der Waals surface area contributed by atoms with Crippen molar-refractivity contribution >= 4 is 23.5 Å². The van der Waals surface area contributed by atoms with E-state index in [0.29, 0.717) is 6.42 Å². The summed E-state index contributed by atoms with van der Waals surface area (Å²) in [5, 5.41) is 0. The molecule has 0 amide bonds. The van der Waals surface area contributed by atoms with Gasteiger partial charge < -0.3 is 23.8 Å². The number of rotatable bonds is 10. The van der Waals surface area contributed by atoms with E-state index < -0.39 is 37.8 Å². The maximum Gasteiger partial charge on any atom is 0.472 e. The SMILES string of the molecule is [B][C@H]1CC(OC(C)C)[C@@H](COP(=O)(O)OC2C[C@H]([B])O[C@]2(N)COC(C)C)O1. The van der Waals surface area contributed by atoms with E-state index in [-0.39, 0.29) is 37.9 Å². The maximum atomic E-state index is 12.5. The van der Waals surface area contributed by atoms with Crippen LogP contribution in [0.5, 0.6) is 0 Å². The molecule has 4 radical (unpaired) electrons. The summed E-state index contributed by atoms with van der Waals surface area (Å²) in [4.78, 5) is 10.2. The van der Waals surface area contributed by atoms with Gasteiger partial charge in [0, 0.05) is 12.0 Å². The highest BCUT2D eigenvalue weighted by Gasteiger charge is 2.49. The topological polar surface area (TPSA) is 119 Å². The van der Waals surface area contributed by atoms with E-state index in [1.807, 2.05) is 27.7 Å². The Morgan fingerprint density at radius 3 is 2.50 bits per heavy atom. The van der Waals surface area contributed by atoms with Gasteiger partial charge in [0.15, 0.2) is 5.72 Å². The van der Waals surface area contributed by atoms with Crippen molar-refractivity contribution in [3.63, 3.8) is 0 Å². The molecule has 0 bridgehead atoms. The lowest BCUT2D eigenvalue weighted by Gasteiger charge is -2.31. The first-order chi connectivity index (χ1) is 12.9. The number of nitrogens with two attached hydrogens (primary N) is 1. The van der Waals surface area contributed by atoms with Gasteiger partial charge >= 0.3 is 7.82 Å². The number of phosphoric acid groups is 1. The largest absolute Gasteiger partial charge is 0.472 e. The quantitative estimate of drug-likeness (QED) is 0.388. The van der Waals surface area contributed by atoms with Gasteiger partial charge in [0.05, 0.1) is 31.5 Å². The smallest absolute Gasteiger partial charge is 0.380 e. The van der Waals surface area contributed by atoms with Gasteiger partial charge in [-0.05, 0) is 40.5 Å². The molecular formula is C16H30B2NO8P. The van der Waals surface area contributed by atoms with Gasteiger partial charge in [0.2, 0.25) is 0 Å². The Labute approximate surface area is 169 Å². The standard InChI is InChI=1S/C16H30B2NO8P/c1-9(2)22-8-16(19)13(6-15(18)26-16)27-28(20,21)23-7-12-11(24-10(3)4)5-14(17)25-12/h9-15H,5-8,19H2,1-4H3,(H,20,21)/t11?,12-,13?,14-,15-,16-/m1/s1. The molecule has 158 valence electrons. The molecule has 0 spiro atoms. The van der Waals surface area contributed by atoms with E-state index in [4.69, 9.17) is 49.4 Å². The molecule has 0 aromatic carbocycles. The minimum Gasteiger partial charge on any atom is -0.380 e. The van der Waals surface area contributed by atoms with Crippen LogP contribution in [0, 0.1) is 0 Å². The van der Waals surface area contributed by atoms with Gasteiger partial charge in [-0.2, -0.15) is 0 Å². The molecule has 2 rings (SSSR count). The molecular weight excluding hydrogens is 387 g/mol. The predicted octanol–water partition coefficient (Wildman–Crippen LogP) is 0.561. The molecule has 9 nitrogen and oxygen atoms in total. The lowest BCUT2D eigenvalue weighted by atomic mass is 9.95. The second-order valence-electron chi connectivity index (χ2n) is 7.74. The summed E-state index contributed by atoms with van der Waals surface area (Å²) in [6, 6.07) is -1.27. The van der Waals surface area contributed by atoms with Crippen molar-refractivity contribution in [2.45, 2.75) is 88.8 Å². The van der Waals surface area contributed by atoms with Gasteiger partial charge in [-0.15, -0.1) is 0 Å². The van der Waals surface area contributed by atoms with Gasteiger partial charge in [-0.3, -0.25) is 14.8 Å². The van der Waals surface area contributed by atoms with Crippen LogP contribution in [0.25, 0.3) is 0 Å². The molecule has 3 unspecified atom stereocenters. The van der Waals surface area contributed by atoms with Crippen molar-refractivity contribution in [3.8, 4) is 0 Å². The van der Waals surface area contributed by atoms with Crippen molar-refractivity contribution in [2.75, 3.05) is 13.2 Å². The van der Waals surface area contributed by atoms with Crippen LogP contribution in [0.2, 0.25) is 0 Å². The Hall–Kier alpha value is 0.0399. The minimum absolute atomic E-state index is 0.0467. The van der Waals surface area contributed by atoms with E-state index in [1.54, 1.807) is 0 Å². The highest BCUT2D eigenvalue weighted by atomic mass is 31.2. The van der Waals surface area contributed by atoms with Gasteiger partial charge in [0.1, 0.15) is 27.9 Å². The summed E-state index contributed by atoms with van der Waals surface area (Å²) in [6.07, 6.45) is -1.48. The summed E-state index contributed by atoms with van der Waals surface area (Å²) < 4.78 is 45.0. The zero-order chi connectivity index (χ0) is 21.1. The van der Waals surface area contributed by atoms with Crippen LogP contribution >= 0.6 is 7.82 Å². The summed E-state index contributed by atoms with van der Waals surface area (Å²) in [7, 11) is 7.09. The molecule has 2 aliphatic rings. The third-order valence-corrected chi connectivity index (χ3v) is 5.34. The van der Waals surface area contributed by atoms with E-state index in [1.165, 1.54) is 0 Å². The number of phosphoric ester groups is 1. The van der Waals surface area contributed by atoms with Crippen molar-refractivity contribution in [1.29, 1.82) is 0 Å². The number of hydrogen-bond acceptors (Lipinski definition) is 8. The van der Waals surface area contributed by atoms with Crippen LogP contribution < -0.4 is 5.73 Å². The van der Waals surface area contributed by atoms with Crippen molar-refractivity contribution < 1.29 is 37.5 Å². The maximum absolute atomic E-state index is 12.5. The molecule has 2 fully saturated rings. The van der Waals surface area contributed by atoms with Crippen molar-refractivity contribution in [1.82, 2.24) is 0 Å². The zero-order valence-electron chi connectivity index (χ0n) is 16.9. The Balaban J connectivity index is 1.93. The zero-order valence-corrected chi connectivity index (χ0v) is 17.7. The molecule has 0 aromatic rings. The third-order valence-electron chi connectivity index (χ3n) is 4.34. The first-order valence-corrected chi connectivity index (χ1v) is 11.0. The van der Waals surface area contributed by atoms with Crippen LogP contribution in [0.15, 0.2) is 0 Å². The Morgan fingerprint density at radius 1 is 1.21 bits per heavy atom. The van der Waals surface area contributed by atoms with Crippen LogP contribution in [-0.4, -0.2) is 82.1 Å². The Bertz CT molecular complexity index is 557. The van der Waals surface area contributed by atoms with E-state index in [9.17, 15) is 9.46 Å². The highest BCUT2D eigenvalue weighted by Crippen LogP contribution is 2.49. The molecule has 0 aliphatic carbocycles. The van der Waals surface area contributed by atoms with Gasteiger partial charge in [0.25, 0.3) is 0 Å². The molecule has 3 N–H and O–H groups in total. The fourth-order valence-corrected chi connectivity index (χ4v) is 4.10. The predicted molar refractivity (Wildman–Crippen MR) is 103 cm³/mol. The molecule has 12 heteroatoms. The van der Waals surface area contributed by atoms with Crippen molar-refractivity contribution in [2.24, 2.45) is 5.73 Å². The summed E-state index contributed by atoms with van der Waals surface area (Å²) in [6.45, 7) is 7.15. The molecule has 7 atom stereocenters. The molecule has 28 heavy (non-hydrogen) atoms. The third kappa shape index (κ3) is 7.07. The summed E-state index contributed by atoms with van der Waals surface area (Å²) in [5.41, 5.74) is 4.70. The van der Waals surface area contributed by atoms with E-state index in [2.05, 4.69) is 0 Å². The van der Waals surface area contributed by atoms with Gasteiger partial charge in [-0.25, -0.2) is 4.57 Å². The van der Waals surface area contributed by atoms with Crippen LogP contribution in [0.4, 0.5) is 0 Å². The molecule has 2 aliphatic heterocycles. The molecule has 0 aromatic heterocycles. The monoisotopic (exact) mass is 417 g/mol. The average Bonchev–Trinajstić information content (AvgIpc) is 3.02. The summed E-state index contributed by atoms with van der Waals surface area (Å²) >= 11 is 0. The summed E-state index contributed by atoms with van der Waals surface area (Å²) in [5.74, 6) is 0. The lowest BCUT2D eigenvalue weighted by Crippen LogP contribution is -2.53. The van der Waals surface area contributed by atoms with Crippen LogP contribution in [0.1, 0.15) is 40.5 Å². The number of ether oxygens (including phenoxy) is 4. The fourth-order valence-electron chi connectivity index (χ4n) is 3.12. The molecule has 2 heterocycles. The highest BCUT2D eigenvalue weighted by molar-refractivity contribution is 7.47. The minimum atomic E-state index is -4.48. The Morgan fingerprint density at radius 2 is 1.89 bits per heavy atom. The second kappa shape index (κ2) is 9.90. The average molecular weight is 417 g/mol. The first-order valence-electron chi connectivity index (χ1n) is 9.46. The first kappa shape index (κ1) is 24.3. The number of hydrogen-bond donors (Lipinski definition) is 2. The van der Waals surface area contributed by atoms with Crippen LogP contribution in [-0.2, 0) is 32.6 Å². The van der Waals surface area contributed by atoms with E-state index >= 15 is 0 Å². The molecule has 0 saturated carbocycles. The normalized spacial score (nSPS) is 38.4. The van der Waals surface area contributed by atoms with Gasteiger partial charge in [-0.1, -0.05) is 0 Å². The van der Waals surface area contributed by atoms with Crippen molar-refractivity contribution in [3.05, 3.63) is 0 Å². The van der Waals surface area contributed by atoms with Crippen LogP contribution in [0.3, 0.4) is 0 Å². The fraction of sp³-hybridized carbons (Fsp3) is 1.00.